The first-order valence-corrected chi connectivity index (χ1v) is 7.22. The van der Waals surface area contributed by atoms with Gasteiger partial charge in [0.15, 0.2) is 0 Å². The first kappa shape index (κ1) is 12.8. The van der Waals surface area contributed by atoms with Crippen molar-refractivity contribution in [2.24, 2.45) is 5.92 Å². The fraction of sp³-hybridized carbons (Fsp3) is 0.615. The van der Waals surface area contributed by atoms with Gasteiger partial charge in [0.2, 0.25) is 0 Å². The van der Waals surface area contributed by atoms with Crippen LogP contribution in [0.15, 0.2) is 18.3 Å². The monoisotopic (exact) mass is 298 g/mol. The Morgan fingerprint density at radius 3 is 2.94 bits per heavy atom. The minimum Gasteiger partial charge on any atom is -0.381 e. The van der Waals surface area contributed by atoms with E-state index in [-0.39, 0.29) is 0 Å². The van der Waals surface area contributed by atoms with Crippen molar-refractivity contribution in [2.45, 2.75) is 18.2 Å². The Morgan fingerprint density at radius 2 is 2.24 bits per heavy atom. The largest absolute Gasteiger partial charge is 0.381 e. The molecule has 0 saturated carbocycles. The standard InChI is InChI=1S/C13H19BrN2O/c1-16(10-11-4-7-17-8-5-11)13-12(9-14)3-2-6-15-13/h2-3,6,11H,4-5,7-10H2,1H3. The maximum absolute atomic E-state index is 5.39. The van der Waals surface area contributed by atoms with Crippen molar-refractivity contribution < 1.29 is 4.74 Å². The number of pyridine rings is 1. The van der Waals surface area contributed by atoms with E-state index in [0.29, 0.717) is 0 Å². The number of hydrogen-bond donors (Lipinski definition) is 0. The van der Waals surface area contributed by atoms with E-state index in [1.54, 1.807) is 0 Å². The van der Waals surface area contributed by atoms with Crippen molar-refractivity contribution in [1.82, 2.24) is 4.98 Å². The molecular formula is C13H19BrN2O. The second-order valence-corrected chi connectivity index (χ2v) is 5.12. The van der Waals surface area contributed by atoms with Gasteiger partial charge in [-0.25, -0.2) is 4.98 Å². The summed E-state index contributed by atoms with van der Waals surface area (Å²) in [4.78, 5) is 6.75. The van der Waals surface area contributed by atoms with E-state index in [1.807, 2.05) is 12.3 Å². The van der Waals surface area contributed by atoms with E-state index in [2.05, 4.69) is 38.9 Å². The number of ether oxygens (including phenoxy) is 1. The summed E-state index contributed by atoms with van der Waals surface area (Å²) >= 11 is 3.52. The maximum Gasteiger partial charge on any atom is 0.132 e. The number of hydrogen-bond acceptors (Lipinski definition) is 3. The number of alkyl halides is 1. The lowest BCUT2D eigenvalue weighted by Gasteiger charge is -2.28. The van der Waals surface area contributed by atoms with Gasteiger partial charge < -0.3 is 9.64 Å². The van der Waals surface area contributed by atoms with E-state index >= 15 is 0 Å². The molecule has 1 aromatic heterocycles. The second-order valence-electron chi connectivity index (χ2n) is 4.56. The molecule has 1 aliphatic rings. The summed E-state index contributed by atoms with van der Waals surface area (Å²) in [6.07, 6.45) is 4.20. The van der Waals surface area contributed by atoms with Crippen LogP contribution in [-0.2, 0) is 10.1 Å². The number of rotatable bonds is 4. The summed E-state index contributed by atoms with van der Waals surface area (Å²) < 4.78 is 5.39. The summed E-state index contributed by atoms with van der Waals surface area (Å²) in [5, 5.41) is 0.855. The second kappa shape index (κ2) is 6.36. The predicted octanol–water partition coefficient (Wildman–Crippen LogP) is 2.84. The van der Waals surface area contributed by atoms with E-state index < -0.39 is 0 Å². The SMILES string of the molecule is CN(CC1CCOCC1)c1ncccc1CBr. The predicted molar refractivity (Wildman–Crippen MR) is 73.7 cm³/mol. The highest BCUT2D eigenvalue weighted by Crippen LogP contribution is 2.22. The minimum atomic E-state index is 0.735. The van der Waals surface area contributed by atoms with Crippen LogP contribution in [0.25, 0.3) is 0 Å². The van der Waals surface area contributed by atoms with Crippen LogP contribution in [0.1, 0.15) is 18.4 Å². The van der Waals surface area contributed by atoms with Crippen molar-refractivity contribution in [3.05, 3.63) is 23.9 Å². The molecule has 1 aliphatic heterocycles. The highest BCUT2D eigenvalue weighted by Gasteiger charge is 2.17. The summed E-state index contributed by atoms with van der Waals surface area (Å²) in [5.74, 6) is 1.83. The van der Waals surface area contributed by atoms with Gasteiger partial charge in [-0.1, -0.05) is 22.0 Å². The Morgan fingerprint density at radius 1 is 1.47 bits per heavy atom. The minimum absolute atomic E-state index is 0.735. The molecule has 2 heterocycles. The molecule has 4 heteroatoms. The van der Waals surface area contributed by atoms with E-state index in [1.165, 1.54) is 18.4 Å². The Kier molecular flexibility index (Phi) is 4.80. The lowest BCUT2D eigenvalue weighted by Crippen LogP contribution is -2.30. The van der Waals surface area contributed by atoms with Gasteiger partial charge >= 0.3 is 0 Å². The molecule has 1 aromatic rings. The average Bonchev–Trinajstić information content (AvgIpc) is 2.40. The van der Waals surface area contributed by atoms with Crippen molar-refractivity contribution in [3.8, 4) is 0 Å². The molecule has 0 unspecified atom stereocenters. The van der Waals surface area contributed by atoms with Gasteiger partial charge in [0.05, 0.1) is 0 Å². The molecule has 1 saturated heterocycles. The first-order valence-electron chi connectivity index (χ1n) is 6.10. The van der Waals surface area contributed by atoms with Crippen molar-refractivity contribution in [1.29, 1.82) is 0 Å². The van der Waals surface area contributed by atoms with Gasteiger partial charge in [-0.3, -0.25) is 0 Å². The van der Waals surface area contributed by atoms with Gasteiger partial charge in [0, 0.05) is 43.9 Å². The number of nitrogens with zero attached hydrogens (tertiary/aromatic N) is 2. The molecule has 0 N–H and O–H groups in total. The highest BCUT2D eigenvalue weighted by molar-refractivity contribution is 9.08. The van der Waals surface area contributed by atoms with Gasteiger partial charge in [-0.15, -0.1) is 0 Å². The molecule has 3 nitrogen and oxygen atoms in total. The zero-order chi connectivity index (χ0) is 12.1. The molecule has 0 spiro atoms. The summed E-state index contributed by atoms with van der Waals surface area (Å²) in [6.45, 7) is 2.89. The van der Waals surface area contributed by atoms with E-state index in [4.69, 9.17) is 4.74 Å². The third kappa shape index (κ3) is 3.42. The quantitative estimate of drug-likeness (QED) is 0.799. The molecule has 17 heavy (non-hydrogen) atoms. The molecule has 0 amide bonds. The van der Waals surface area contributed by atoms with Crippen LogP contribution in [0.5, 0.6) is 0 Å². The molecule has 94 valence electrons. The van der Waals surface area contributed by atoms with Crippen LogP contribution in [0, 0.1) is 5.92 Å². The number of anilines is 1. The first-order chi connectivity index (χ1) is 8.31. The Hall–Kier alpha value is -0.610. The molecule has 0 radical (unpaired) electrons. The van der Waals surface area contributed by atoms with Crippen LogP contribution < -0.4 is 4.90 Å². The Bertz CT molecular complexity index is 353. The highest BCUT2D eigenvalue weighted by atomic mass is 79.9. The lowest BCUT2D eigenvalue weighted by atomic mass is 10.00. The molecule has 0 atom stereocenters. The van der Waals surface area contributed by atoms with E-state index in [0.717, 1.165) is 36.8 Å². The molecular weight excluding hydrogens is 280 g/mol. The average molecular weight is 299 g/mol. The van der Waals surface area contributed by atoms with Gasteiger partial charge in [-0.2, -0.15) is 0 Å². The van der Waals surface area contributed by atoms with Crippen LogP contribution >= 0.6 is 15.9 Å². The van der Waals surface area contributed by atoms with Crippen molar-refractivity contribution in [2.75, 3.05) is 31.7 Å². The fourth-order valence-corrected chi connectivity index (χ4v) is 2.72. The summed E-state index contributed by atoms with van der Waals surface area (Å²) in [7, 11) is 2.13. The Balaban J connectivity index is 2.00. The Labute approximate surface area is 111 Å². The topological polar surface area (TPSA) is 25.4 Å². The smallest absolute Gasteiger partial charge is 0.132 e. The number of halogens is 1. The normalized spacial score (nSPS) is 17.1. The summed E-state index contributed by atoms with van der Waals surface area (Å²) in [5.41, 5.74) is 1.25. The molecule has 1 fully saturated rings. The van der Waals surface area contributed by atoms with Crippen LogP contribution in [0.4, 0.5) is 5.82 Å². The third-order valence-electron chi connectivity index (χ3n) is 3.25. The third-order valence-corrected chi connectivity index (χ3v) is 3.85. The van der Waals surface area contributed by atoms with Gasteiger partial charge in [-0.05, 0) is 24.8 Å². The van der Waals surface area contributed by atoms with Crippen LogP contribution in [0.3, 0.4) is 0 Å². The van der Waals surface area contributed by atoms with E-state index in [9.17, 15) is 0 Å². The maximum atomic E-state index is 5.39. The molecule has 2 rings (SSSR count). The zero-order valence-electron chi connectivity index (χ0n) is 10.2. The van der Waals surface area contributed by atoms with Crippen LogP contribution in [-0.4, -0.2) is 31.8 Å². The number of aromatic nitrogens is 1. The molecule has 0 bridgehead atoms. The van der Waals surface area contributed by atoms with Gasteiger partial charge in [0.25, 0.3) is 0 Å². The lowest BCUT2D eigenvalue weighted by molar-refractivity contribution is 0.0685. The molecule has 0 aromatic carbocycles. The molecule has 0 aliphatic carbocycles. The summed E-state index contributed by atoms with van der Waals surface area (Å²) in [6, 6.07) is 4.11. The van der Waals surface area contributed by atoms with Crippen molar-refractivity contribution >= 4 is 21.7 Å². The zero-order valence-corrected chi connectivity index (χ0v) is 11.8. The van der Waals surface area contributed by atoms with Crippen molar-refractivity contribution in [3.63, 3.8) is 0 Å². The fourth-order valence-electron chi connectivity index (χ4n) is 2.28. The van der Waals surface area contributed by atoms with Gasteiger partial charge in [0.1, 0.15) is 5.82 Å². The van der Waals surface area contributed by atoms with Crippen LogP contribution in [0.2, 0.25) is 0 Å².